The van der Waals surface area contributed by atoms with Crippen molar-refractivity contribution in [3.8, 4) is 0 Å². The molecule has 0 radical (unpaired) electrons. The van der Waals surface area contributed by atoms with Crippen LogP contribution in [0.15, 0.2) is 11.2 Å². The Balaban J connectivity index is 2.09. The number of hydrogen-bond donors (Lipinski definition) is 2. The van der Waals surface area contributed by atoms with Crippen molar-refractivity contribution >= 4 is 10.0 Å². The van der Waals surface area contributed by atoms with Gasteiger partial charge in [-0.15, -0.1) is 0 Å². The second-order valence-electron chi connectivity index (χ2n) is 5.38. The van der Waals surface area contributed by atoms with Gasteiger partial charge in [0.15, 0.2) is 5.03 Å². The third-order valence-corrected chi connectivity index (χ3v) is 5.69. The van der Waals surface area contributed by atoms with Gasteiger partial charge >= 0.3 is 0 Å². The molecule has 1 aliphatic carbocycles. The quantitative estimate of drug-likeness (QED) is 0.869. The zero-order chi connectivity index (χ0) is 14.0. The van der Waals surface area contributed by atoms with Gasteiger partial charge in [-0.2, -0.15) is 0 Å². The molecule has 3 atom stereocenters. The van der Waals surface area contributed by atoms with E-state index in [4.69, 9.17) is 0 Å². The molecule has 6 heteroatoms. The lowest BCUT2D eigenvalue weighted by Gasteiger charge is -2.20. The van der Waals surface area contributed by atoms with Gasteiger partial charge < -0.3 is 4.98 Å². The first-order chi connectivity index (χ1) is 8.97. The summed E-state index contributed by atoms with van der Waals surface area (Å²) >= 11 is 0. The Kier molecular flexibility index (Phi) is 4.30. The summed E-state index contributed by atoms with van der Waals surface area (Å²) in [6, 6.07) is 0.0447. The molecule has 1 aromatic heterocycles. The van der Waals surface area contributed by atoms with Crippen LogP contribution >= 0.6 is 0 Å². The van der Waals surface area contributed by atoms with Crippen molar-refractivity contribution in [1.29, 1.82) is 0 Å². The Labute approximate surface area is 115 Å². The maximum atomic E-state index is 12.3. The summed E-state index contributed by atoms with van der Waals surface area (Å²) in [5.41, 5.74) is 0. The largest absolute Gasteiger partial charge is 0.332 e. The molecule has 108 valence electrons. The molecule has 1 heterocycles. The molecular formula is C13H23N3O2S. The SMILES string of the molecule is CCc1ncc(S(=O)(=O)NC2CCC(CC)C2C)[nH]1. The highest BCUT2D eigenvalue weighted by atomic mass is 32.2. The van der Waals surface area contributed by atoms with Gasteiger partial charge in [0.1, 0.15) is 5.82 Å². The summed E-state index contributed by atoms with van der Waals surface area (Å²) in [5, 5.41) is 0.177. The van der Waals surface area contributed by atoms with Crippen LogP contribution in [0.1, 0.15) is 45.9 Å². The van der Waals surface area contributed by atoms with E-state index in [0.29, 0.717) is 24.1 Å². The summed E-state index contributed by atoms with van der Waals surface area (Å²) in [4.78, 5) is 6.91. The van der Waals surface area contributed by atoms with Crippen molar-refractivity contribution in [3.63, 3.8) is 0 Å². The maximum Gasteiger partial charge on any atom is 0.257 e. The minimum Gasteiger partial charge on any atom is -0.332 e. The number of H-pyrrole nitrogens is 1. The van der Waals surface area contributed by atoms with Gasteiger partial charge in [-0.25, -0.2) is 18.1 Å². The van der Waals surface area contributed by atoms with Gasteiger partial charge in [0.05, 0.1) is 6.20 Å². The predicted molar refractivity (Wildman–Crippen MR) is 74.3 cm³/mol. The number of imidazole rings is 1. The van der Waals surface area contributed by atoms with Gasteiger partial charge in [0, 0.05) is 12.5 Å². The molecule has 0 spiro atoms. The van der Waals surface area contributed by atoms with Crippen molar-refractivity contribution < 1.29 is 8.42 Å². The molecule has 3 unspecified atom stereocenters. The number of rotatable bonds is 5. The van der Waals surface area contributed by atoms with Crippen molar-refractivity contribution in [3.05, 3.63) is 12.0 Å². The summed E-state index contributed by atoms with van der Waals surface area (Å²) in [5.74, 6) is 1.72. The molecule has 0 bridgehead atoms. The highest BCUT2D eigenvalue weighted by Crippen LogP contribution is 2.34. The van der Waals surface area contributed by atoms with Crippen molar-refractivity contribution in [2.45, 2.75) is 57.5 Å². The molecule has 0 aliphatic heterocycles. The number of aromatic nitrogens is 2. The number of nitrogens with zero attached hydrogens (tertiary/aromatic N) is 1. The first-order valence-corrected chi connectivity index (χ1v) is 8.52. The van der Waals surface area contributed by atoms with Crippen LogP contribution in [-0.4, -0.2) is 24.4 Å². The molecule has 0 aromatic carbocycles. The van der Waals surface area contributed by atoms with Gasteiger partial charge in [-0.3, -0.25) is 0 Å². The zero-order valence-corrected chi connectivity index (χ0v) is 12.6. The molecule has 1 saturated carbocycles. The number of nitrogens with one attached hydrogen (secondary N) is 2. The molecule has 2 N–H and O–H groups in total. The van der Waals surface area contributed by atoms with Crippen LogP contribution in [0.4, 0.5) is 0 Å². The Morgan fingerprint density at radius 1 is 1.42 bits per heavy atom. The lowest BCUT2D eigenvalue weighted by Crippen LogP contribution is -2.37. The topological polar surface area (TPSA) is 74.8 Å². The second kappa shape index (κ2) is 5.63. The van der Waals surface area contributed by atoms with E-state index in [0.717, 1.165) is 19.3 Å². The lowest BCUT2D eigenvalue weighted by atomic mass is 9.94. The average molecular weight is 285 g/mol. The Hall–Kier alpha value is -0.880. The Morgan fingerprint density at radius 2 is 2.16 bits per heavy atom. The van der Waals surface area contributed by atoms with Crippen LogP contribution in [0, 0.1) is 11.8 Å². The molecule has 0 saturated heterocycles. The van der Waals surface area contributed by atoms with Gasteiger partial charge in [0.25, 0.3) is 10.0 Å². The van der Waals surface area contributed by atoms with E-state index < -0.39 is 10.0 Å². The van der Waals surface area contributed by atoms with Gasteiger partial charge in [0.2, 0.25) is 0 Å². The highest BCUT2D eigenvalue weighted by Gasteiger charge is 2.34. The molecule has 1 aliphatic rings. The molecule has 2 rings (SSSR count). The van der Waals surface area contributed by atoms with Crippen molar-refractivity contribution in [2.24, 2.45) is 11.8 Å². The summed E-state index contributed by atoms with van der Waals surface area (Å²) in [7, 11) is -3.47. The van der Waals surface area contributed by atoms with E-state index in [1.807, 2.05) is 6.92 Å². The first kappa shape index (κ1) is 14.5. The molecule has 19 heavy (non-hydrogen) atoms. The predicted octanol–water partition coefficient (Wildman–Crippen LogP) is 2.08. The Morgan fingerprint density at radius 3 is 2.68 bits per heavy atom. The number of aryl methyl sites for hydroxylation is 1. The molecule has 1 fully saturated rings. The van der Waals surface area contributed by atoms with E-state index in [1.165, 1.54) is 6.20 Å². The minimum atomic E-state index is -3.47. The van der Waals surface area contributed by atoms with Crippen LogP contribution in [0.3, 0.4) is 0 Å². The monoisotopic (exact) mass is 285 g/mol. The summed E-state index contributed by atoms with van der Waals surface area (Å²) in [6.07, 6.45) is 5.25. The third kappa shape index (κ3) is 3.00. The smallest absolute Gasteiger partial charge is 0.257 e. The fourth-order valence-corrected chi connectivity index (χ4v) is 4.21. The van der Waals surface area contributed by atoms with Crippen LogP contribution < -0.4 is 4.72 Å². The third-order valence-electron chi connectivity index (χ3n) is 4.29. The van der Waals surface area contributed by atoms with Crippen LogP contribution in [-0.2, 0) is 16.4 Å². The first-order valence-electron chi connectivity index (χ1n) is 7.04. The molecular weight excluding hydrogens is 262 g/mol. The minimum absolute atomic E-state index is 0.0447. The number of hydrogen-bond acceptors (Lipinski definition) is 3. The van der Waals surface area contributed by atoms with Crippen LogP contribution in [0.2, 0.25) is 0 Å². The van der Waals surface area contributed by atoms with Gasteiger partial charge in [-0.05, 0) is 24.7 Å². The molecule has 5 nitrogen and oxygen atoms in total. The standard InChI is InChI=1S/C13H23N3O2S/c1-4-10-6-7-11(9(10)3)16-19(17,18)13-8-14-12(5-2)15-13/h8-11,16H,4-7H2,1-3H3,(H,14,15). The number of aromatic amines is 1. The van der Waals surface area contributed by atoms with Crippen LogP contribution in [0.25, 0.3) is 0 Å². The normalized spacial score (nSPS) is 27.8. The maximum absolute atomic E-state index is 12.3. The van der Waals surface area contributed by atoms with Gasteiger partial charge in [-0.1, -0.05) is 27.2 Å². The fourth-order valence-electron chi connectivity index (χ4n) is 2.91. The molecule has 1 aromatic rings. The summed E-state index contributed by atoms with van der Waals surface area (Å²) < 4.78 is 27.4. The van der Waals surface area contributed by atoms with E-state index in [9.17, 15) is 8.42 Å². The van der Waals surface area contributed by atoms with E-state index >= 15 is 0 Å². The van der Waals surface area contributed by atoms with E-state index in [-0.39, 0.29) is 11.1 Å². The summed E-state index contributed by atoms with van der Waals surface area (Å²) in [6.45, 7) is 6.24. The molecule has 0 amide bonds. The number of sulfonamides is 1. The van der Waals surface area contributed by atoms with E-state index in [2.05, 4.69) is 28.5 Å². The van der Waals surface area contributed by atoms with E-state index in [1.54, 1.807) is 0 Å². The average Bonchev–Trinajstić information content (AvgIpc) is 2.98. The Bertz CT molecular complexity index is 524. The lowest BCUT2D eigenvalue weighted by molar-refractivity contribution is 0.368. The second-order valence-corrected chi connectivity index (χ2v) is 7.06. The highest BCUT2D eigenvalue weighted by molar-refractivity contribution is 7.89. The van der Waals surface area contributed by atoms with Crippen molar-refractivity contribution in [2.75, 3.05) is 0 Å². The fraction of sp³-hybridized carbons (Fsp3) is 0.769. The van der Waals surface area contributed by atoms with Crippen molar-refractivity contribution in [1.82, 2.24) is 14.7 Å². The zero-order valence-electron chi connectivity index (χ0n) is 11.8. The van der Waals surface area contributed by atoms with Crippen LogP contribution in [0.5, 0.6) is 0 Å².